The number of piperazine rings is 1. The molecule has 3 rings (SSSR count). The molecule has 1 aliphatic rings. The first-order valence-electron chi connectivity index (χ1n) is 9.96. The summed E-state index contributed by atoms with van der Waals surface area (Å²) < 4.78 is 0. The highest BCUT2D eigenvalue weighted by molar-refractivity contribution is 5.77. The molecular formula is C23H31N3O. The minimum atomic E-state index is 0.241. The molecule has 0 spiro atoms. The lowest BCUT2D eigenvalue weighted by molar-refractivity contribution is -0.131. The van der Waals surface area contributed by atoms with Crippen molar-refractivity contribution in [1.29, 1.82) is 0 Å². The van der Waals surface area contributed by atoms with Crippen LogP contribution in [0.3, 0.4) is 0 Å². The predicted molar refractivity (Wildman–Crippen MR) is 114 cm³/mol. The molecule has 0 atom stereocenters. The van der Waals surface area contributed by atoms with E-state index >= 15 is 0 Å². The quantitative estimate of drug-likeness (QED) is 0.830. The number of hydrogen-bond acceptors (Lipinski definition) is 3. The Morgan fingerprint density at radius 2 is 1.74 bits per heavy atom. The van der Waals surface area contributed by atoms with Crippen LogP contribution >= 0.6 is 0 Å². The first-order valence-corrected chi connectivity index (χ1v) is 9.96. The van der Waals surface area contributed by atoms with Crippen molar-refractivity contribution in [3.63, 3.8) is 0 Å². The smallest absolute Gasteiger partial charge is 0.224 e. The largest absolute Gasteiger partial charge is 0.385 e. The van der Waals surface area contributed by atoms with Gasteiger partial charge in [0.1, 0.15) is 0 Å². The van der Waals surface area contributed by atoms with Gasteiger partial charge in [-0.1, -0.05) is 38.1 Å². The van der Waals surface area contributed by atoms with Crippen molar-refractivity contribution in [2.45, 2.75) is 33.1 Å². The molecule has 0 aliphatic carbocycles. The molecule has 1 amide bonds. The minimum Gasteiger partial charge on any atom is -0.385 e. The lowest BCUT2D eigenvalue weighted by atomic mass is 10.0. The molecular weight excluding hydrogens is 334 g/mol. The molecule has 1 saturated heterocycles. The van der Waals surface area contributed by atoms with Crippen molar-refractivity contribution in [2.75, 3.05) is 42.9 Å². The zero-order chi connectivity index (χ0) is 19.2. The van der Waals surface area contributed by atoms with Crippen LogP contribution in [0.1, 0.15) is 37.3 Å². The van der Waals surface area contributed by atoms with Gasteiger partial charge in [-0.05, 0) is 48.2 Å². The number of carbonyl (C=O) groups excluding carboxylic acids is 1. The van der Waals surface area contributed by atoms with Crippen molar-refractivity contribution >= 4 is 17.3 Å². The van der Waals surface area contributed by atoms with Gasteiger partial charge in [-0.15, -0.1) is 0 Å². The van der Waals surface area contributed by atoms with Gasteiger partial charge in [-0.2, -0.15) is 0 Å². The number of benzene rings is 2. The molecule has 0 saturated carbocycles. The molecule has 2 aromatic carbocycles. The summed E-state index contributed by atoms with van der Waals surface area (Å²) in [6.07, 6.45) is 0.538. The van der Waals surface area contributed by atoms with Gasteiger partial charge in [-0.3, -0.25) is 4.79 Å². The lowest BCUT2D eigenvalue weighted by Gasteiger charge is -2.36. The number of amides is 1. The average molecular weight is 366 g/mol. The van der Waals surface area contributed by atoms with Gasteiger partial charge < -0.3 is 15.1 Å². The fourth-order valence-corrected chi connectivity index (χ4v) is 3.50. The molecule has 4 nitrogen and oxygen atoms in total. The van der Waals surface area contributed by atoms with E-state index in [0.717, 1.165) is 31.9 Å². The van der Waals surface area contributed by atoms with E-state index in [1.165, 1.54) is 16.8 Å². The molecule has 144 valence electrons. The van der Waals surface area contributed by atoms with Crippen LogP contribution in [0.4, 0.5) is 11.4 Å². The number of nitrogens with one attached hydrogen (secondary N) is 1. The van der Waals surface area contributed by atoms with Crippen LogP contribution in [-0.2, 0) is 4.79 Å². The normalized spacial score (nSPS) is 14.5. The summed E-state index contributed by atoms with van der Waals surface area (Å²) in [5.74, 6) is 0.782. The summed E-state index contributed by atoms with van der Waals surface area (Å²) in [5, 5.41) is 3.36. The van der Waals surface area contributed by atoms with E-state index in [0.29, 0.717) is 18.9 Å². The van der Waals surface area contributed by atoms with Crippen molar-refractivity contribution in [3.8, 4) is 0 Å². The number of carbonyl (C=O) groups is 1. The number of nitrogens with zero attached hydrogens (tertiary/aromatic N) is 2. The van der Waals surface area contributed by atoms with Crippen LogP contribution in [0.2, 0.25) is 0 Å². The molecule has 0 unspecified atom stereocenters. The molecule has 0 bridgehead atoms. The molecule has 0 aromatic heterocycles. The summed E-state index contributed by atoms with van der Waals surface area (Å²) in [5.41, 5.74) is 4.95. The van der Waals surface area contributed by atoms with E-state index in [2.05, 4.69) is 79.5 Å². The zero-order valence-electron chi connectivity index (χ0n) is 16.7. The zero-order valence-corrected chi connectivity index (χ0v) is 16.7. The van der Waals surface area contributed by atoms with E-state index in [-0.39, 0.29) is 5.91 Å². The number of rotatable bonds is 6. The second-order valence-corrected chi connectivity index (χ2v) is 7.66. The van der Waals surface area contributed by atoms with Crippen molar-refractivity contribution in [2.24, 2.45) is 0 Å². The van der Waals surface area contributed by atoms with Crippen LogP contribution in [-0.4, -0.2) is 43.5 Å². The molecule has 1 aliphatic heterocycles. The Morgan fingerprint density at radius 1 is 1.04 bits per heavy atom. The van der Waals surface area contributed by atoms with Gasteiger partial charge in [0.05, 0.1) is 0 Å². The number of anilines is 2. The van der Waals surface area contributed by atoms with Gasteiger partial charge in [0.25, 0.3) is 0 Å². The fourth-order valence-electron chi connectivity index (χ4n) is 3.50. The average Bonchev–Trinajstić information content (AvgIpc) is 2.68. The van der Waals surface area contributed by atoms with Crippen molar-refractivity contribution < 1.29 is 4.79 Å². The van der Waals surface area contributed by atoms with Crippen LogP contribution in [0.5, 0.6) is 0 Å². The molecule has 2 aromatic rings. The fraction of sp³-hybridized carbons (Fsp3) is 0.435. The Morgan fingerprint density at radius 3 is 2.37 bits per heavy atom. The summed E-state index contributed by atoms with van der Waals surface area (Å²) in [6.45, 7) is 10.6. The third-order valence-corrected chi connectivity index (χ3v) is 5.24. The van der Waals surface area contributed by atoms with Crippen molar-refractivity contribution in [3.05, 3.63) is 59.7 Å². The van der Waals surface area contributed by atoms with E-state index in [1.54, 1.807) is 0 Å². The maximum Gasteiger partial charge on any atom is 0.224 e. The van der Waals surface area contributed by atoms with Crippen LogP contribution in [0.15, 0.2) is 48.5 Å². The maximum absolute atomic E-state index is 12.5. The van der Waals surface area contributed by atoms with Crippen LogP contribution in [0.25, 0.3) is 0 Å². The maximum atomic E-state index is 12.5. The Hall–Kier alpha value is -2.49. The Bertz CT molecular complexity index is 746. The predicted octanol–water partition coefficient (Wildman–Crippen LogP) is 4.27. The summed E-state index contributed by atoms with van der Waals surface area (Å²) in [7, 11) is 0. The van der Waals surface area contributed by atoms with Crippen LogP contribution in [0, 0.1) is 6.92 Å². The van der Waals surface area contributed by atoms with Gasteiger partial charge in [0.15, 0.2) is 0 Å². The number of hydrogen-bond donors (Lipinski definition) is 1. The third-order valence-electron chi connectivity index (χ3n) is 5.24. The monoisotopic (exact) mass is 365 g/mol. The summed E-state index contributed by atoms with van der Waals surface area (Å²) in [6, 6.07) is 17.1. The van der Waals surface area contributed by atoms with Gasteiger partial charge >= 0.3 is 0 Å². The lowest BCUT2D eigenvalue weighted by Crippen LogP contribution is -2.49. The van der Waals surface area contributed by atoms with Crippen molar-refractivity contribution in [1.82, 2.24) is 4.90 Å². The van der Waals surface area contributed by atoms with E-state index < -0.39 is 0 Å². The topological polar surface area (TPSA) is 35.6 Å². The van der Waals surface area contributed by atoms with Crippen LogP contribution < -0.4 is 10.2 Å². The number of aryl methyl sites for hydroxylation is 1. The summed E-state index contributed by atoms with van der Waals surface area (Å²) in [4.78, 5) is 16.9. The van der Waals surface area contributed by atoms with Gasteiger partial charge in [0, 0.05) is 50.5 Å². The minimum absolute atomic E-state index is 0.241. The Kier molecular flexibility index (Phi) is 6.38. The second-order valence-electron chi connectivity index (χ2n) is 7.66. The first kappa shape index (κ1) is 19.3. The molecule has 27 heavy (non-hydrogen) atoms. The van der Waals surface area contributed by atoms with Gasteiger partial charge in [-0.25, -0.2) is 0 Å². The van der Waals surface area contributed by atoms with Gasteiger partial charge in [0.2, 0.25) is 5.91 Å². The Balaban J connectivity index is 1.42. The molecule has 1 heterocycles. The second kappa shape index (κ2) is 8.94. The highest BCUT2D eigenvalue weighted by atomic mass is 16.2. The highest BCUT2D eigenvalue weighted by Gasteiger charge is 2.20. The Labute approximate surface area is 163 Å². The molecule has 4 heteroatoms. The van der Waals surface area contributed by atoms with E-state index in [4.69, 9.17) is 0 Å². The molecule has 1 fully saturated rings. The first-order chi connectivity index (χ1) is 13.0. The SMILES string of the molecule is Cc1cccc(N2CCN(C(=O)CCNc3ccc(C(C)C)cc3)CC2)c1. The third kappa shape index (κ3) is 5.25. The van der Waals surface area contributed by atoms with E-state index in [9.17, 15) is 4.79 Å². The standard InChI is InChI=1S/C23H31N3O/c1-18(2)20-7-9-21(10-8-20)24-12-11-23(27)26-15-13-25(14-16-26)22-6-4-5-19(3)17-22/h4-10,17-18,24H,11-16H2,1-3H3. The summed E-state index contributed by atoms with van der Waals surface area (Å²) >= 11 is 0. The molecule has 0 radical (unpaired) electrons. The molecule has 1 N–H and O–H groups in total. The highest BCUT2D eigenvalue weighted by Crippen LogP contribution is 2.19. The van der Waals surface area contributed by atoms with E-state index in [1.807, 2.05) is 4.90 Å².